The molecule has 1 rings (SSSR count). The summed E-state index contributed by atoms with van der Waals surface area (Å²) in [5.74, 6) is 0. The lowest BCUT2D eigenvalue weighted by atomic mass is 10.1. The Morgan fingerprint density at radius 2 is 1.88 bits per heavy atom. The smallest absolute Gasteiger partial charge is 0.180 e. The van der Waals surface area contributed by atoms with Crippen molar-refractivity contribution in [2.75, 3.05) is 5.73 Å². The fraction of sp³-hybridized carbons (Fsp3) is 0.769. The Morgan fingerprint density at radius 1 is 1.24 bits per heavy atom. The molecule has 0 saturated heterocycles. The first-order chi connectivity index (χ1) is 8.24. The second-order valence-electron chi connectivity index (χ2n) is 4.53. The molecule has 4 heteroatoms. The third-order valence-electron chi connectivity index (χ3n) is 2.95. The van der Waals surface area contributed by atoms with Crippen LogP contribution in [0.4, 0.5) is 5.13 Å². The van der Waals surface area contributed by atoms with Crippen molar-refractivity contribution < 1.29 is 5.11 Å². The van der Waals surface area contributed by atoms with Gasteiger partial charge in [-0.2, -0.15) is 0 Å². The van der Waals surface area contributed by atoms with Crippen molar-refractivity contribution in [3.8, 4) is 0 Å². The van der Waals surface area contributed by atoms with E-state index in [4.69, 9.17) is 5.73 Å². The van der Waals surface area contributed by atoms with Crippen LogP contribution in [0.25, 0.3) is 0 Å². The van der Waals surface area contributed by atoms with Crippen LogP contribution in [0, 0.1) is 0 Å². The molecule has 0 aliphatic rings. The predicted molar refractivity (Wildman–Crippen MR) is 74.1 cm³/mol. The van der Waals surface area contributed by atoms with Crippen LogP contribution in [0.3, 0.4) is 0 Å². The normalized spacial score (nSPS) is 12.8. The van der Waals surface area contributed by atoms with Crippen LogP contribution in [0.2, 0.25) is 0 Å². The molecule has 1 atom stereocenters. The average molecular weight is 256 g/mol. The van der Waals surface area contributed by atoms with Gasteiger partial charge in [0, 0.05) is 6.20 Å². The number of aliphatic hydroxyl groups is 1. The fourth-order valence-electron chi connectivity index (χ4n) is 1.89. The van der Waals surface area contributed by atoms with Gasteiger partial charge in [-0.15, -0.1) is 0 Å². The fourth-order valence-corrected chi connectivity index (χ4v) is 2.60. The van der Waals surface area contributed by atoms with E-state index >= 15 is 0 Å². The molecule has 0 aromatic carbocycles. The zero-order valence-corrected chi connectivity index (χ0v) is 11.5. The number of nitrogens with zero attached hydrogens (tertiary/aromatic N) is 1. The molecular weight excluding hydrogens is 232 g/mol. The molecule has 1 heterocycles. The van der Waals surface area contributed by atoms with Crippen LogP contribution in [0.5, 0.6) is 0 Å². The Kier molecular flexibility index (Phi) is 7.21. The van der Waals surface area contributed by atoms with Crippen LogP contribution >= 0.6 is 11.3 Å². The number of nitrogens with two attached hydrogens (primary N) is 1. The van der Waals surface area contributed by atoms with Gasteiger partial charge in [0.25, 0.3) is 0 Å². The maximum atomic E-state index is 9.89. The number of rotatable bonds is 9. The summed E-state index contributed by atoms with van der Waals surface area (Å²) < 4.78 is 0. The molecule has 0 bridgehead atoms. The highest BCUT2D eigenvalue weighted by molar-refractivity contribution is 7.15. The maximum absolute atomic E-state index is 9.89. The SMILES string of the molecule is CCCCCCCCCC(O)c1cnc(N)s1. The third kappa shape index (κ3) is 6.03. The van der Waals surface area contributed by atoms with Gasteiger partial charge in [0.2, 0.25) is 0 Å². The number of aliphatic hydroxyl groups excluding tert-OH is 1. The number of anilines is 1. The third-order valence-corrected chi connectivity index (χ3v) is 3.88. The van der Waals surface area contributed by atoms with E-state index in [-0.39, 0.29) is 6.10 Å². The Hall–Kier alpha value is -0.610. The zero-order chi connectivity index (χ0) is 12.5. The first kappa shape index (κ1) is 14.5. The minimum atomic E-state index is -0.375. The van der Waals surface area contributed by atoms with E-state index in [1.807, 2.05) is 0 Å². The summed E-state index contributed by atoms with van der Waals surface area (Å²) in [6.45, 7) is 2.23. The van der Waals surface area contributed by atoms with Gasteiger partial charge in [-0.05, 0) is 6.42 Å². The monoisotopic (exact) mass is 256 g/mol. The molecule has 0 radical (unpaired) electrons. The average Bonchev–Trinajstić information content (AvgIpc) is 2.74. The molecule has 17 heavy (non-hydrogen) atoms. The molecule has 0 fully saturated rings. The van der Waals surface area contributed by atoms with Gasteiger partial charge in [0.05, 0.1) is 11.0 Å². The van der Waals surface area contributed by atoms with E-state index in [1.54, 1.807) is 6.20 Å². The molecule has 1 aromatic rings. The second-order valence-corrected chi connectivity index (χ2v) is 5.62. The van der Waals surface area contributed by atoms with Gasteiger partial charge in [0.1, 0.15) is 0 Å². The second kappa shape index (κ2) is 8.48. The summed E-state index contributed by atoms with van der Waals surface area (Å²) in [4.78, 5) is 4.85. The van der Waals surface area contributed by atoms with E-state index in [0.29, 0.717) is 5.13 Å². The van der Waals surface area contributed by atoms with E-state index in [1.165, 1.54) is 49.9 Å². The number of hydrogen-bond donors (Lipinski definition) is 2. The zero-order valence-electron chi connectivity index (χ0n) is 10.7. The van der Waals surface area contributed by atoms with E-state index < -0.39 is 0 Å². The Labute approximate surface area is 108 Å². The van der Waals surface area contributed by atoms with E-state index in [2.05, 4.69) is 11.9 Å². The minimum Gasteiger partial charge on any atom is -0.388 e. The summed E-state index contributed by atoms with van der Waals surface area (Å²) in [5.41, 5.74) is 5.54. The molecule has 0 aliphatic carbocycles. The van der Waals surface area contributed by atoms with Crippen molar-refractivity contribution in [2.24, 2.45) is 0 Å². The number of hydrogen-bond acceptors (Lipinski definition) is 4. The lowest BCUT2D eigenvalue weighted by Crippen LogP contribution is -1.94. The molecular formula is C13H24N2OS. The van der Waals surface area contributed by atoms with Crippen molar-refractivity contribution >= 4 is 16.5 Å². The van der Waals surface area contributed by atoms with Crippen molar-refractivity contribution in [1.29, 1.82) is 0 Å². The summed E-state index contributed by atoms with van der Waals surface area (Å²) >= 11 is 1.39. The molecule has 1 aromatic heterocycles. The quantitative estimate of drug-likeness (QED) is 0.659. The standard InChI is InChI=1S/C13H24N2OS/c1-2-3-4-5-6-7-8-9-11(16)12-10-15-13(14)17-12/h10-11,16H,2-9H2,1H3,(H2,14,15). The molecule has 0 spiro atoms. The van der Waals surface area contributed by atoms with Gasteiger partial charge in [-0.1, -0.05) is 63.2 Å². The maximum Gasteiger partial charge on any atom is 0.180 e. The predicted octanol–water partition coefficient (Wildman–Crippen LogP) is 3.90. The van der Waals surface area contributed by atoms with Crippen LogP contribution < -0.4 is 5.73 Å². The van der Waals surface area contributed by atoms with Crippen molar-refractivity contribution in [3.63, 3.8) is 0 Å². The van der Waals surface area contributed by atoms with Crippen LogP contribution in [0.15, 0.2) is 6.20 Å². The first-order valence-electron chi connectivity index (χ1n) is 6.63. The summed E-state index contributed by atoms with van der Waals surface area (Å²) in [6, 6.07) is 0. The molecule has 0 saturated carbocycles. The van der Waals surface area contributed by atoms with Crippen molar-refractivity contribution in [3.05, 3.63) is 11.1 Å². The largest absolute Gasteiger partial charge is 0.388 e. The Morgan fingerprint density at radius 3 is 2.47 bits per heavy atom. The summed E-state index contributed by atoms with van der Waals surface area (Å²) in [6.07, 6.45) is 11.1. The van der Waals surface area contributed by atoms with Crippen LogP contribution in [0.1, 0.15) is 69.3 Å². The van der Waals surface area contributed by atoms with Crippen LogP contribution in [-0.4, -0.2) is 10.1 Å². The van der Waals surface area contributed by atoms with E-state index in [0.717, 1.165) is 17.7 Å². The molecule has 98 valence electrons. The first-order valence-corrected chi connectivity index (χ1v) is 7.45. The number of aromatic nitrogens is 1. The van der Waals surface area contributed by atoms with Gasteiger partial charge >= 0.3 is 0 Å². The highest BCUT2D eigenvalue weighted by Gasteiger charge is 2.10. The molecule has 3 nitrogen and oxygen atoms in total. The Bertz CT molecular complexity index is 301. The summed E-state index contributed by atoms with van der Waals surface area (Å²) in [5, 5.41) is 10.4. The van der Waals surface area contributed by atoms with Crippen LogP contribution in [-0.2, 0) is 0 Å². The minimum absolute atomic E-state index is 0.375. The topological polar surface area (TPSA) is 59.1 Å². The molecule has 3 N–H and O–H groups in total. The molecule has 0 amide bonds. The van der Waals surface area contributed by atoms with Gasteiger partial charge in [0.15, 0.2) is 5.13 Å². The number of thiazole rings is 1. The summed E-state index contributed by atoms with van der Waals surface area (Å²) in [7, 11) is 0. The molecule has 0 aliphatic heterocycles. The lowest BCUT2D eigenvalue weighted by molar-refractivity contribution is 0.167. The van der Waals surface area contributed by atoms with E-state index in [9.17, 15) is 5.11 Å². The highest BCUT2D eigenvalue weighted by atomic mass is 32.1. The number of nitrogen functional groups attached to an aromatic ring is 1. The molecule has 1 unspecified atom stereocenters. The van der Waals surface area contributed by atoms with Gasteiger partial charge in [-0.25, -0.2) is 4.98 Å². The highest BCUT2D eigenvalue weighted by Crippen LogP contribution is 2.26. The van der Waals surface area contributed by atoms with Gasteiger partial charge < -0.3 is 10.8 Å². The van der Waals surface area contributed by atoms with Gasteiger partial charge in [-0.3, -0.25) is 0 Å². The Balaban J connectivity index is 2.03. The lowest BCUT2D eigenvalue weighted by Gasteiger charge is -2.07. The van der Waals surface area contributed by atoms with Crippen molar-refractivity contribution in [1.82, 2.24) is 4.98 Å². The number of unbranched alkanes of at least 4 members (excludes halogenated alkanes) is 6. The van der Waals surface area contributed by atoms with Crippen molar-refractivity contribution in [2.45, 2.75) is 64.4 Å².